The molecule has 14 heteroatoms. The molecule has 300 valence electrons. The molecule has 4 rings (SSSR count). The summed E-state index contributed by atoms with van der Waals surface area (Å²) in [7, 11) is 4.69. The summed E-state index contributed by atoms with van der Waals surface area (Å²) in [4.78, 5) is 63.9. The summed E-state index contributed by atoms with van der Waals surface area (Å²) in [6.07, 6.45) is 2.79. The van der Waals surface area contributed by atoms with E-state index in [2.05, 4.69) is 15.6 Å². The highest BCUT2D eigenvalue weighted by molar-refractivity contribution is 7.09. The van der Waals surface area contributed by atoms with Crippen LogP contribution in [0.4, 0.5) is 4.39 Å². The van der Waals surface area contributed by atoms with Crippen LogP contribution in [0.5, 0.6) is 0 Å². The Morgan fingerprint density at radius 2 is 1.87 bits per heavy atom. The summed E-state index contributed by atoms with van der Waals surface area (Å²) >= 11 is 1.48. The number of carbonyl (C=O) groups is 4. The zero-order chi connectivity index (χ0) is 39.8. The smallest absolute Gasteiger partial charge is 0.246 e. The molecule has 3 heterocycles. The van der Waals surface area contributed by atoms with Gasteiger partial charge in [0, 0.05) is 51.3 Å². The second-order valence-electron chi connectivity index (χ2n) is 15.4. The van der Waals surface area contributed by atoms with E-state index in [1.54, 1.807) is 44.0 Å². The van der Waals surface area contributed by atoms with E-state index in [0.717, 1.165) is 17.0 Å². The van der Waals surface area contributed by atoms with Crippen LogP contribution in [0.1, 0.15) is 83.3 Å². The van der Waals surface area contributed by atoms with E-state index in [9.17, 15) is 19.2 Å². The molecule has 0 bridgehead atoms. The number of likely N-dealkylation sites (N-methyl/N-ethyl adjacent to an activating group) is 1. The van der Waals surface area contributed by atoms with Crippen LogP contribution in [0.15, 0.2) is 41.9 Å². The first-order chi connectivity index (χ1) is 25.7. The summed E-state index contributed by atoms with van der Waals surface area (Å²) in [5.74, 6) is -3.66. The predicted molar refractivity (Wildman–Crippen MR) is 207 cm³/mol. The van der Waals surface area contributed by atoms with Crippen LogP contribution < -0.4 is 16.4 Å². The average molecular weight is 773 g/mol. The normalized spacial score (nSPS) is 23.4. The molecule has 54 heavy (non-hydrogen) atoms. The summed E-state index contributed by atoms with van der Waals surface area (Å²) < 4.78 is 28.3. The van der Waals surface area contributed by atoms with Gasteiger partial charge in [0.05, 0.1) is 36.6 Å². The molecule has 0 aliphatic carbocycles. The molecule has 1 aromatic heterocycles. The Morgan fingerprint density at radius 1 is 1.17 bits per heavy atom. The highest BCUT2D eigenvalue weighted by Crippen LogP contribution is 2.39. The lowest BCUT2D eigenvalue weighted by Gasteiger charge is -2.50. The lowest BCUT2D eigenvalue weighted by Crippen LogP contribution is -2.73. The maximum Gasteiger partial charge on any atom is 0.246 e. The number of nitrogens with one attached hydrogen (secondary N) is 2. The van der Waals surface area contributed by atoms with Crippen LogP contribution in [0.2, 0.25) is 0 Å². The zero-order valence-corrected chi connectivity index (χ0v) is 34.0. The second kappa shape index (κ2) is 19.0. The van der Waals surface area contributed by atoms with Gasteiger partial charge in [-0.15, -0.1) is 11.3 Å². The SMILES string of the molecule is CC[C@H](C)[C@@H]([C@@H](CC(=O)N1CCC[C@H]1[C@H](OC)[C@@H](C)C(=O)N[C@@H](Cc1ccccc1)c1nccs1)OC)N(C)[C@@](C(N)=O)(C(=O)[C@@]1(F)CCNC1)C(C)C. The van der Waals surface area contributed by atoms with Gasteiger partial charge in [-0.3, -0.25) is 24.1 Å². The molecule has 0 radical (unpaired) electrons. The fraction of sp³-hybridized carbons (Fsp3) is 0.675. The lowest BCUT2D eigenvalue weighted by atomic mass is 9.72. The molecule has 4 N–H and O–H groups in total. The van der Waals surface area contributed by atoms with Gasteiger partial charge in [0.1, 0.15) is 5.01 Å². The van der Waals surface area contributed by atoms with E-state index >= 15 is 4.39 Å². The zero-order valence-electron chi connectivity index (χ0n) is 33.2. The van der Waals surface area contributed by atoms with Gasteiger partial charge in [-0.25, -0.2) is 9.37 Å². The number of methoxy groups -OCH3 is 2. The summed E-state index contributed by atoms with van der Waals surface area (Å²) in [5.41, 5.74) is 2.89. The van der Waals surface area contributed by atoms with Crippen molar-refractivity contribution in [2.75, 3.05) is 40.9 Å². The number of ketones is 1. The average Bonchev–Trinajstić information content (AvgIpc) is 3.95. The van der Waals surface area contributed by atoms with Crippen molar-refractivity contribution >= 4 is 34.8 Å². The van der Waals surface area contributed by atoms with Crippen LogP contribution in [0, 0.1) is 17.8 Å². The fourth-order valence-electron chi connectivity index (χ4n) is 8.75. The van der Waals surface area contributed by atoms with Crippen molar-refractivity contribution in [3.63, 3.8) is 0 Å². The largest absolute Gasteiger partial charge is 0.379 e. The number of halogens is 1. The Kier molecular flexibility index (Phi) is 15.3. The molecule has 2 fully saturated rings. The van der Waals surface area contributed by atoms with Crippen LogP contribution in [0.25, 0.3) is 0 Å². The van der Waals surface area contributed by atoms with E-state index in [0.29, 0.717) is 32.4 Å². The maximum atomic E-state index is 16.3. The quantitative estimate of drug-likeness (QED) is 0.169. The number of ether oxygens (including phenoxy) is 2. The van der Waals surface area contributed by atoms with Crippen LogP contribution in [-0.4, -0.2) is 115 Å². The number of alkyl halides is 1. The molecule has 2 aromatic rings. The molecular formula is C40H61FN6O6S. The topological polar surface area (TPSA) is 156 Å². The number of Topliss-reactive ketones (excluding diaryl/α,β-unsaturated/α-hetero) is 1. The first-order valence-electron chi connectivity index (χ1n) is 19.2. The summed E-state index contributed by atoms with van der Waals surface area (Å²) in [6.45, 7) is 9.74. The monoisotopic (exact) mass is 772 g/mol. The van der Waals surface area contributed by atoms with Crippen molar-refractivity contribution in [1.29, 1.82) is 0 Å². The highest BCUT2D eigenvalue weighted by Gasteiger charge is 2.61. The van der Waals surface area contributed by atoms with Gasteiger partial charge in [0.15, 0.2) is 11.2 Å². The number of carbonyl (C=O) groups excluding carboxylic acids is 4. The standard InChI is InChI=1S/C40H61FN6O6S/c1-9-26(4)33(46(6)40(25(2)3,38(42)51)37(50)39(41)17-18-43-24-39)31(52-7)23-32(48)47-20-13-16-30(47)34(53-8)27(5)35(49)45-29(36-44-19-21-54-36)22-28-14-11-10-12-15-28/h10-12,14-15,19,21,25-27,29-31,33-34,43H,9,13,16-18,20,22-24H2,1-8H3,(H2,42,51)(H,45,49)/t26-,27+,29-,30-,31+,33-,34+,39+,40+/m0/s1. The van der Waals surface area contributed by atoms with Gasteiger partial charge in [0.25, 0.3) is 0 Å². The second-order valence-corrected chi connectivity index (χ2v) is 16.3. The third-order valence-corrected chi connectivity index (χ3v) is 12.8. The summed E-state index contributed by atoms with van der Waals surface area (Å²) in [5, 5.41) is 8.81. The number of hydrogen-bond acceptors (Lipinski definition) is 10. The van der Waals surface area contributed by atoms with E-state index in [1.165, 1.54) is 18.4 Å². The minimum absolute atomic E-state index is 0.0618. The van der Waals surface area contributed by atoms with Crippen LogP contribution in [0.3, 0.4) is 0 Å². The Labute approximate surface area is 324 Å². The molecular weight excluding hydrogens is 712 g/mol. The number of nitrogens with two attached hydrogens (primary N) is 1. The molecule has 0 spiro atoms. The van der Waals surface area contributed by atoms with Crippen molar-refractivity contribution < 1.29 is 33.0 Å². The maximum absolute atomic E-state index is 16.3. The Hall–Kier alpha value is -3.30. The number of primary amides is 1. The number of amides is 3. The minimum Gasteiger partial charge on any atom is -0.379 e. The van der Waals surface area contributed by atoms with Crippen molar-refractivity contribution in [3.8, 4) is 0 Å². The number of aromatic nitrogens is 1. The first-order valence-corrected chi connectivity index (χ1v) is 20.1. The number of hydrogen-bond donors (Lipinski definition) is 3. The van der Waals surface area contributed by atoms with E-state index in [-0.39, 0.29) is 49.2 Å². The molecule has 2 saturated heterocycles. The van der Waals surface area contributed by atoms with E-state index in [4.69, 9.17) is 15.2 Å². The van der Waals surface area contributed by atoms with Crippen molar-refractivity contribution in [2.45, 2.75) is 115 Å². The number of benzene rings is 1. The molecule has 2 aliphatic heterocycles. The van der Waals surface area contributed by atoms with Gasteiger partial charge in [-0.1, -0.05) is 71.4 Å². The Morgan fingerprint density at radius 3 is 2.41 bits per heavy atom. The van der Waals surface area contributed by atoms with Gasteiger partial charge in [-0.2, -0.15) is 0 Å². The highest BCUT2D eigenvalue weighted by atomic mass is 32.1. The molecule has 1 aromatic carbocycles. The molecule has 0 unspecified atom stereocenters. The van der Waals surface area contributed by atoms with Gasteiger partial charge in [0.2, 0.25) is 23.5 Å². The summed E-state index contributed by atoms with van der Waals surface area (Å²) in [6, 6.07) is 8.56. The van der Waals surface area contributed by atoms with Crippen molar-refractivity contribution in [3.05, 3.63) is 52.5 Å². The van der Waals surface area contributed by atoms with Crippen molar-refractivity contribution in [1.82, 2.24) is 25.4 Å². The molecule has 0 saturated carbocycles. The van der Waals surface area contributed by atoms with Gasteiger partial charge >= 0.3 is 0 Å². The number of nitrogens with zero attached hydrogens (tertiary/aromatic N) is 3. The van der Waals surface area contributed by atoms with Crippen molar-refractivity contribution in [2.24, 2.45) is 23.5 Å². The Balaban J connectivity index is 1.57. The fourth-order valence-corrected chi connectivity index (χ4v) is 9.44. The van der Waals surface area contributed by atoms with Gasteiger partial charge < -0.3 is 30.7 Å². The Bertz CT molecular complexity index is 1540. The molecule has 3 amide bonds. The third kappa shape index (κ3) is 9.04. The minimum atomic E-state index is -2.27. The molecule has 9 atom stereocenters. The lowest BCUT2D eigenvalue weighted by molar-refractivity contribution is -0.161. The van der Waals surface area contributed by atoms with Crippen LogP contribution in [-0.2, 0) is 35.1 Å². The number of thiazole rings is 1. The van der Waals surface area contributed by atoms with Crippen LogP contribution >= 0.6 is 11.3 Å². The van der Waals surface area contributed by atoms with E-state index < -0.39 is 53.0 Å². The number of rotatable bonds is 20. The third-order valence-electron chi connectivity index (χ3n) is 11.9. The molecule has 2 aliphatic rings. The first kappa shape index (κ1) is 43.4. The number of likely N-dealkylation sites (tertiary alicyclic amines) is 1. The predicted octanol–water partition coefficient (Wildman–Crippen LogP) is 4.09. The molecule has 12 nitrogen and oxygen atoms in total. The van der Waals surface area contributed by atoms with E-state index in [1.807, 2.05) is 56.5 Å². The van der Waals surface area contributed by atoms with Gasteiger partial charge in [-0.05, 0) is 50.3 Å².